The average Bonchev–Trinajstić information content (AvgIpc) is 3.11. The van der Waals surface area contributed by atoms with Crippen LogP contribution >= 0.6 is 0 Å². The molecule has 1 heterocycles. The number of ether oxygens (including phenoxy) is 2. The number of benzene rings is 1. The Balaban J connectivity index is 2.35. The van der Waals surface area contributed by atoms with Gasteiger partial charge < -0.3 is 23.1 Å². The highest BCUT2D eigenvalue weighted by Gasteiger charge is 2.49. The van der Waals surface area contributed by atoms with Crippen molar-refractivity contribution in [3.05, 3.63) is 30.3 Å². The van der Waals surface area contributed by atoms with Crippen molar-refractivity contribution in [2.24, 2.45) is 5.92 Å². The summed E-state index contributed by atoms with van der Waals surface area (Å²) in [5.41, 5.74) is 0. The highest BCUT2D eigenvalue weighted by Crippen LogP contribution is 2.41. The standard InChI is InChI=1S/C29H52O7SSi2/c1-28(2,3)38(8,9)34-20-22(36-39(10,11)29(4,5)6)19-26-27(33-7)24(25(35-26)17-18-30)21-37(31,32)23-15-13-12-14-16-23/h12-16,18,22,24-27H,17,19-21H2,1-11H3/t22-,24+,25?,26-,27-/m1/s1. The summed E-state index contributed by atoms with van der Waals surface area (Å²) >= 11 is 0. The number of aldehydes is 1. The molecule has 10 heteroatoms. The molecule has 2 rings (SSSR count). The lowest BCUT2D eigenvalue weighted by Gasteiger charge is -2.42. The topological polar surface area (TPSA) is 88.1 Å². The summed E-state index contributed by atoms with van der Waals surface area (Å²) < 4.78 is 52.4. The molecule has 0 spiro atoms. The summed E-state index contributed by atoms with van der Waals surface area (Å²) in [6.45, 7) is 22.6. The van der Waals surface area contributed by atoms with Gasteiger partial charge >= 0.3 is 0 Å². The first-order valence-corrected chi connectivity index (χ1v) is 21.4. The third-order valence-corrected chi connectivity index (χ3v) is 19.8. The Kier molecular flexibility index (Phi) is 11.4. The quantitative estimate of drug-likeness (QED) is 0.195. The second-order valence-electron chi connectivity index (χ2n) is 13.9. The van der Waals surface area contributed by atoms with Crippen molar-refractivity contribution in [1.82, 2.24) is 0 Å². The molecule has 1 aromatic rings. The summed E-state index contributed by atoms with van der Waals surface area (Å²) in [5.74, 6) is -0.635. The van der Waals surface area contributed by atoms with Gasteiger partial charge in [-0.05, 0) is 48.4 Å². The lowest BCUT2D eigenvalue weighted by Crippen LogP contribution is -2.49. The van der Waals surface area contributed by atoms with Crippen LogP contribution in [0, 0.1) is 5.92 Å². The maximum atomic E-state index is 13.3. The van der Waals surface area contributed by atoms with E-state index < -0.39 is 50.7 Å². The normalized spacial score (nSPS) is 24.1. The fourth-order valence-electron chi connectivity index (χ4n) is 4.43. The maximum Gasteiger partial charge on any atom is 0.192 e. The fraction of sp³-hybridized carbons (Fsp3) is 0.759. The minimum Gasteiger partial charge on any atom is -0.414 e. The molecule has 39 heavy (non-hydrogen) atoms. The van der Waals surface area contributed by atoms with E-state index in [1.54, 1.807) is 37.4 Å². The van der Waals surface area contributed by atoms with Crippen molar-refractivity contribution >= 4 is 32.8 Å². The fourth-order valence-corrected chi connectivity index (χ4v) is 8.49. The maximum absolute atomic E-state index is 13.3. The number of rotatable bonds is 13. The Labute approximate surface area is 239 Å². The molecule has 0 radical (unpaired) electrons. The van der Waals surface area contributed by atoms with Crippen LogP contribution in [0.1, 0.15) is 54.4 Å². The molecule has 224 valence electrons. The molecule has 1 aliphatic rings. The number of hydrogen-bond acceptors (Lipinski definition) is 7. The van der Waals surface area contributed by atoms with Crippen molar-refractivity contribution in [3.8, 4) is 0 Å². The second-order valence-corrected chi connectivity index (χ2v) is 25.5. The Morgan fingerprint density at radius 2 is 1.51 bits per heavy atom. The lowest BCUT2D eigenvalue weighted by atomic mass is 9.94. The summed E-state index contributed by atoms with van der Waals surface area (Å²) in [4.78, 5) is 11.8. The lowest BCUT2D eigenvalue weighted by molar-refractivity contribution is -0.111. The molecule has 5 atom stereocenters. The highest BCUT2D eigenvalue weighted by atomic mass is 32.2. The summed E-state index contributed by atoms with van der Waals surface area (Å²) in [7, 11) is -6.22. The van der Waals surface area contributed by atoms with Crippen LogP contribution in [0.25, 0.3) is 0 Å². The summed E-state index contributed by atoms with van der Waals surface area (Å²) in [5, 5.41) is 0.0607. The number of hydrogen-bond donors (Lipinski definition) is 0. The average molecular weight is 601 g/mol. The van der Waals surface area contributed by atoms with Crippen molar-refractivity contribution in [2.45, 2.75) is 120 Å². The van der Waals surface area contributed by atoms with Gasteiger partial charge in [0.05, 0.1) is 41.7 Å². The second kappa shape index (κ2) is 13.0. The zero-order valence-corrected chi connectivity index (χ0v) is 28.8. The van der Waals surface area contributed by atoms with Crippen molar-refractivity contribution in [3.63, 3.8) is 0 Å². The molecule has 0 bridgehead atoms. The van der Waals surface area contributed by atoms with Crippen LogP contribution in [0.4, 0.5) is 0 Å². The van der Waals surface area contributed by atoms with Gasteiger partial charge in [0.1, 0.15) is 6.29 Å². The van der Waals surface area contributed by atoms with Gasteiger partial charge in [0.2, 0.25) is 0 Å². The van der Waals surface area contributed by atoms with Gasteiger partial charge in [-0.3, -0.25) is 0 Å². The van der Waals surface area contributed by atoms with Crippen LogP contribution in [-0.2, 0) is 33.0 Å². The summed E-state index contributed by atoms with van der Waals surface area (Å²) in [6, 6.07) is 8.40. The molecule has 1 unspecified atom stereocenters. The monoisotopic (exact) mass is 600 g/mol. The van der Waals surface area contributed by atoms with Gasteiger partial charge in [-0.2, -0.15) is 0 Å². The molecule has 1 saturated heterocycles. The Hall–Kier alpha value is -0.886. The number of carbonyl (C=O) groups excluding carboxylic acids is 1. The van der Waals surface area contributed by atoms with E-state index in [1.165, 1.54) is 0 Å². The van der Waals surface area contributed by atoms with Gasteiger partial charge in [-0.15, -0.1) is 0 Å². The van der Waals surface area contributed by atoms with Crippen molar-refractivity contribution < 1.29 is 31.5 Å². The molecule has 0 saturated carbocycles. The predicted octanol–water partition coefficient (Wildman–Crippen LogP) is 6.25. The Bertz CT molecular complexity index is 1030. The van der Waals surface area contributed by atoms with E-state index >= 15 is 0 Å². The minimum absolute atomic E-state index is 0.00572. The predicted molar refractivity (Wildman–Crippen MR) is 162 cm³/mol. The van der Waals surface area contributed by atoms with Gasteiger partial charge in [0.25, 0.3) is 0 Å². The van der Waals surface area contributed by atoms with Crippen LogP contribution in [-0.4, -0.2) is 75.2 Å². The van der Waals surface area contributed by atoms with E-state index in [9.17, 15) is 13.2 Å². The summed E-state index contributed by atoms with van der Waals surface area (Å²) in [6.07, 6.45) is -0.307. The van der Waals surface area contributed by atoms with E-state index in [4.69, 9.17) is 18.3 Å². The number of methoxy groups -OCH3 is 1. The third kappa shape index (κ3) is 8.80. The molecule has 0 aliphatic carbocycles. The molecule has 0 amide bonds. The SMILES string of the molecule is CO[C@H]1[C@@H](C[C@H](CO[Si](C)(C)C(C)(C)C)O[Si](C)(C)C(C)(C)C)OC(CC=O)[C@@H]1CS(=O)(=O)c1ccccc1. The van der Waals surface area contributed by atoms with Crippen LogP contribution in [0.3, 0.4) is 0 Å². The molecular formula is C29H52O7SSi2. The van der Waals surface area contributed by atoms with Gasteiger partial charge in [-0.1, -0.05) is 59.7 Å². The van der Waals surface area contributed by atoms with Gasteiger partial charge in [-0.25, -0.2) is 8.42 Å². The first-order chi connectivity index (χ1) is 17.8. The Morgan fingerprint density at radius 1 is 0.949 bits per heavy atom. The molecule has 1 aromatic carbocycles. The van der Waals surface area contributed by atoms with E-state index in [-0.39, 0.29) is 33.2 Å². The van der Waals surface area contributed by atoms with E-state index in [0.717, 1.165) is 6.29 Å². The first kappa shape index (κ1) is 34.3. The molecule has 1 fully saturated rings. The molecular weight excluding hydrogens is 549 g/mol. The van der Waals surface area contributed by atoms with Crippen LogP contribution < -0.4 is 0 Å². The first-order valence-electron chi connectivity index (χ1n) is 14.0. The van der Waals surface area contributed by atoms with E-state index in [2.05, 4.69) is 67.7 Å². The van der Waals surface area contributed by atoms with E-state index in [0.29, 0.717) is 13.0 Å². The molecule has 0 aromatic heterocycles. The highest BCUT2D eigenvalue weighted by molar-refractivity contribution is 7.91. The third-order valence-electron chi connectivity index (χ3n) is 8.93. The smallest absolute Gasteiger partial charge is 0.192 e. The van der Waals surface area contributed by atoms with Crippen LogP contribution in [0.5, 0.6) is 0 Å². The number of carbonyl (C=O) groups is 1. The molecule has 1 aliphatic heterocycles. The van der Waals surface area contributed by atoms with Gasteiger partial charge in [0.15, 0.2) is 26.5 Å². The van der Waals surface area contributed by atoms with Crippen LogP contribution in [0.15, 0.2) is 35.2 Å². The molecule has 0 N–H and O–H groups in total. The van der Waals surface area contributed by atoms with Crippen molar-refractivity contribution in [2.75, 3.05) is 19.5 Å². The molecule has 7 nitrogen and oxygen atoms in total. The zero-order chi connectivity index (χ0) is 29.9. The largest absolute Gasteiger partial charge is 0.414 e. The van der Waals surface area contributed by atoms with E-state index in [1.807, 2.05) is 0 Å². The van der Waals surface area contributed by atoms with Crippen molar-refractivity contribution in [1.29, 1.82) is 0 Å². The van der Waals surface area contributed by atoms with Crippen LogP contribution in [0.2, 0.25) is 36.3 Å². The van der Waals surface area contributed by atoms with Gasteiger partial charge in [0, 0.05) is 25.9 Å². The zero-order valence-electron chi connectivity index (χ0n) is 25.9. The number of sulfone groups is 1. The Morgan fingerprint density at radius 3 is 2.00 bits per heavy atom. The minimum atomic E-state index is -3.60.